The SMILES string of the molecule is O=C(NC(CO)C(=O)O)c1cc2ccccc2o1. The quantitative estimate of drug-likeness (QED) is 0.737. The molecule has 18 heavy (non-hydrogen) atoms. The largest absolute Gasteiger partial charge is 0.480 e. The molecule has 0 saturated heterocycles. The highest BCUT2D eigenvalue weighted by molar-refractivity contribution is 5.97. The molecule has 0 spiro atoms. The molecular formula is C12H11NO5. The van der Waals surface area contributed by atoms with E-state index >= 15 is 0 Å². The number of benzene rings is 1. The Morgan fingerprint density at radius 1 is 1.33 bits per heavy atom. The number of carbonyl (C=O) groups excluding carboxylic acids is 1. The van der Waals surface area contributed by atoms with Crippen LogP contribution in [0.25, 0.3) is 11.0 Å². The fraction of sp³-hybridized carbons (Fsp3) is 0.167. The van der Waals surface area contributed by atoms with Gasteiger partial charge in [-0.15, -0.1) is 0 Å². The first kappa shape index (κ1) is 12.1. The van der Waals surface area contributed by atoms with Crippen molar-refractivity contribution in [3.05, 3.63) is 36.1 Å². The fourth-order valence-electron chi connectivity index (χ4n) is 1.51. The number of carboxylic acids is 1. The Morgan fingerprint density at radius 3 is 2.67 bits per heavy atom. The molecule has 2 rings (SSSR count). The molecule has 1 atom stereocenters. The van der Waals surface area contributed by atoms with Crippen molar-refractivity contribution in [2.45, 2.75) is 6.04 Å². The summed E-state index contributed by atoms with van der Waals surface area (Å²) in [5, 5.41) is 20.4. The van der Waals surface area contributed by atoms with Crippen LogP contribution in [-0.4, -0.2) is 34.7 Å². The zero-order valence-electron chi connectivity index (χ0n) is 9.29. The van der Waals surface area contributed by atoms with Gasteiger partial charge >= 0.3 is 5.97 Å². The summed E-state index contributed by atoms with van der Waals surface area (Å²) >= 11 is 0. The van der Waals surface area contributed by atoms with Crippen molar-refractivity contribution in [3.8, 4) is 0 Å². The van der Waals surface area contributed by atoms with Crippen LogP contribution in [0.2, 0.25) is 0 Å². The maximum Gasteiger partial charge on any atom is 0.328 e. The molecule has 94 valence electrons. The van der Waals surface area contributed by atoms with Gasteiger partial charge in [-0.1, -0.05) is 18.2 Å². The van der Waals surface area contributed by atoms with Crippen LogP contribution < -0.4 is 5.32 Å². The maximum absolute atomic E-state index is 11.7. The van der Waals surface area contributed by atoms with Crippen molar-refractivity contribution < 1.29 is 24.2 Å². The maximum atomic E-state index is 11.7. The van der Waals surface area contributed by atoms with Crippen LogP contribution in [-0.2, 0) is 4.79 Å². The highest BCUT2D eigenvalue weighted by Gasteiger charge is 2.21. The number of aliphatic carboxylic acids is 1. The number of fused-ring (bicyclic) bond motifs is 1. The van der Waals surface area contributed by atoms with Crippen LogP contribution in [0.4, 0.5) is 0 Å². The number of carbonyl (C=O) groups is 2. The lowest BCUT2D eigenvalue weighted by Crippen LogP contribution is -2.43. The first-order chi connectivity index (χ1) is 8.61. The molecule has 0 aliphatic carbocycles. The normalized spacial score (nSPS) is 12.3. The van der Waals surface area contributed by atoms with E-state index in [-0.39, 0.29) is 5.76 Å². The molecule has 1 heterocycles. The molecular weight excluding hydrogens is 238 g/mol. The van der Waals surface area contributed by atoms with E-state index in [1.54, 1.807) is 24.3 Å². The van der Waals surface area contributed by atoms with Gasteiger partial charge in [0.15, 0.2) is 11.8 Å². The van der Waals surface area contributed by atoms with Crippen molar-refractivity contribution in [2.75, 3.05) is 6.61 Å². The summed E-state index contributed by atoms with van der Waals surface area (Å²) in [6.07, 6.45) is 0. The van der Waals surface area contributed by atoms with Gasteiger partial charge in [0.25, 0.3) is 5.91 Å². The Bertz CT molecular complexity index is 556. The van der Waals surface area contributed by atoms with Gasteiger partial charge in [-0.05, 0) is 12.1 Å². The van der Waals surface area contributed by atoms with Crippen LogP contribution in [0.15, 0.2) is 34.7 Å². The summed E-state index contributed by atoms with van der Waals surface area (Å²) in [5.41, 5.74) is 0.540. The van der Waals surface area contributed by atoms with E-state index in [9.17, 15) is 9.59 Å². The predicted molar refractivity (Wildman–Crippen MR) is 62.2 cm³/mol. The summed E-state index contributed by atoms with van der Waals surface area (Å²) in [6, 6.07) is 7.21. The van der Waals surface area contributed by atoms with E-state index in [1.165, 1.54) is 6.07 Å². The third-order valence-corrected chi connectivity index (χ3v) is 2.44. The topological polar surface area (TPSA) is 99.8 Å². The minimum Gasteiger partial charge on any atom is -0.480 e. The number of furan rings is 1. The molecule has 3 N–H and O–H groups in total. The second-order valence-electron chi connectivity index (χ2n) is 3.70. The van der Waals surface area contributed by atoms with Crippen LogP contribution in [0.3, 0.4) is 0 Å². The van der Waals surface area contributed by atoms with Crippen LogP contribution in [0.5, 0.6) is 0 Å². The third-order valence-electron chi connectivity index (χ3n) is 2.44. The molecule has 6 nitrogen and oxygen atoms in total. The van der Waals surface area contributed by atoms with Gasteiger partial charge in [0.2, 0.25) is 0 Å². The van der Waals surface area contributed by atoms with Gasteiger partial charge in [-0.3, -0.25) is 4.79 Å². The summed E-state index contributed by atoms with van der Waals surface area (Å²) < 4.78 is 5.27. The minimum atomic E-state index is -1.34. The van der Waals surface area contributed by atoms with Gasteiger partial charge in [-0.25, -0.2) is 4.79 Å². The summed E-state index contributed by atoms with van der Waals surface area (Å²) in [6.45, 7) is -0.679. The van der Waals surface area contributed by atoms with Crippen LogP contribution in [0, 0.1) is 0 Å². The van der Waals surface area contributed by atoms with Gasteiger partial charge < -0.3 is 19.9 Å². The second kappa shape index (κ2) is 4.89. The van der Waals surface area contributed by atoms with Crippen LogP contribution in [0.1, 0.15) is 10.6 Å². The van der Waals surface area contributed by atoms with Gasteiger partial charge in [0.05, 0.1) is 6.61 Å². The predicted octanol–water partition coefficient (Wildman–Crippen LogP) is 0.608. The highest BCUT2D eigenvalue weighted by Crippen LogP contribution is 2.18. The average Bonchev–Trinajstić information content (AvgIpc) is 2.79. The van der Waals surface area contributed by atoms with Crippen molar-refractivity contribution in [2.24, 2.45) is 0 Å². The third kappa shape index (κ3) is 2.33. The number of nitrogens with one attached hydrogen (secondary N) is 1. The zero-order chi connectivity index (χ0) is 13.1. The molecule has 1 aromatic carbocycles. The van der Waals surface area contributed by atoms with Crippen molar-refractivity contribution in [3.63, 3.8) is 0 Å². The molecule has 6 heteroatoms. The minimum absolute atomic E-state index is 0.0101. The molecule has 0 aliphatic rings. The standard InChI is InChI=1S/C12H11NO5/c14-6-8(12(16)17)13-11(15)10-5-7-3-1-2-4-9(7)18-10/h1-5,8,14H,6H2,(H,13,15)(H,16,17). The monoisotopic (exact) mass is 249 g/mol. The molecule has 0 fully saturated rings. The zero-order valence-corrected chi connectivity index (χ0v) is 9.29. The highest BCUT2D eigenvalue weighted by atomic mass is 16.4. The van der Waals surface area contributed by atoms with Gasteiger partial charge in [0, 0.05) is 5.39 Å². The Morgan fingerprint density at radius 2 is 2.06 bits per heavy atom. The fourth-order valence-corrected chi connectivity index (χ4v) is 1.51. The second-order valence-corrected chi connectivity index (χ2v) is 3.70. The number of aliphatic hydroxyl groups is 1. The smallest absolute Gasteiger partial charge is 0.328 e. The molecule has 0 radical (unpaired) electrons. The number of hydrogen-bond donors (Lipinski definition) is 3. The molecule has 0 bridgehead atoms. The number of para-hydroxylation sites is 1. The van der Waals surface area contributed by atoms with Crippen molar-refractivity contribution >= 4 is 22.8 Å². The number of hydrogen-bond acceptors (Lipinski definition) is 4. The lowest BCUT2D eigenvalue weighted by atomic mass is 10.2. The number of rotatable bonds is 4. The van der Waals surface area contributed by atoms with Gasteiger partial charge in [0.1, 0.15) is 5.58 Å². The molecule has 1 unspecified atom stereocenters. The lowest BCUT2D eigenvalue weighted by molar-refractivity contribution is -0.140. The number of carboxylic acid groups (broad SMARTS) is 1. The average molecular weight is 249 g/mol. The molecule has 1 amide bonds. The van der Waals surface area contributed by atoms with Crippen LogP contribution >= 0.6 is 0 Å². The lowest BCUT2D eigenvalue weighted by Gasteiger charge is -2.09. The summed E-state index contributed by atoms with van der Waals surface area (Å²) in [7, 11) is 0. The molecule has 2 aromatic rings. The molecule has 0 aliphatic heterocycles. The molecule has 1 aromatic heterocycles. The number of amides is 1. The molecule has 0 saturated carbocycles. The van der Waals surface area contributed by atoms with E-state index in [0.29, 0.717) is 5.58 Å². The Labute approximate surface area is 102 Å². The van der Waals surface area contributed by atoms with E-state index in [2.05, 4.69) is 5.32 Å². The Balaban J connectivity index is 2.20. The number of aliphatic hydroxyl groups excluding tert-OH is 1. The van der Waals surface area contributed by atoms with E-state index in [4.69, 9.17) is 14.6 Å². The summed E-state index contributed by atoms with van der Waals surface area (Å²) in [4.78, 5) is 22.4. The Kier molecular flexibility index (Phi) is 3.29. The van der Waals surface area contributed by atoms with E-state index < -0.39 is 24.5 Å². The van der Waals surface area contributed by atoms with E-state index in [0.717, 1.165) is 5.39 Å². The van der Waals surface area contributed by atoms with Gasteiger partial charge in [-0.2, -0.15) is 0 Å². The first-order valence-corrected chi connectivity index (χ1v) is 5.25. The Hall–Kier alpha value is -2.34. The van der Waals surface area contributed by atoms with E-state index in [1.807, 2.05) is 0 Å². The van der Waals surface area contributed by atoms with Crippen molar-refractivity contribution in [1.29, 1.82) is 0 Å². The first-order valence-electron chi connectivity index (χ1n) is 5.25. The summed E-state index contributed by atoms with van der Waals surface area (Å²) in [5.74, 6) is -1.97. The van der Waals surface area contributed by atoms with Crippen molar-refractivity contribution in [1.82, 2.24) is 5.32 Å².